The van der Waals surface area contributed by atoms with Crippen LogP contribution >= 0.6 is 28.5 Å². The van der Waals surface area contributed by atoms with Gasteiger partial charge in [0.2, 0.25) is 0 Å². The molecule has 210 valence electrons. The van der Waals surface area contributed by atoms with E-state index in [2.05, 4.69) is 145 Å². The molecule has 5 heteroatoms. The van der Waals surface area contributed by atoms with E-state index in [9.17, 15) is 0 Å². The summed E-state index contributed by atoms with van der Waals surface area (Å²) in [5.74, 6) is 0. The molecule has 2 nitrogen and oxygen atoms in total. The van der Waals surface area contributed by atoms with E-state index in [1.807, 2.05) is 0 Å². The zero-order chi connectivity index (χ0) is 28.0. The van der Waals surface area contributed by atoms with Crippen LogP contribution in [0.5, 0.6) is 0 Å². The van der Waals surface area contributed by atoms with E-state index in [4.69, 9.17) is 9.98 Å². The molecule has 3 aromatic carbocycles. The number of hydrogen-bond acceptors (Lipinski definition) is 2. The molecule has 0 amide bonds. The Hall–Kier alpha value is -1.81. The van der Waals surface area contributed by atoms with Gasteiger partial charge in [-0.1, -0.05) is 80.1 Å². The minimum absolute atomic E-state index is 0. The van der Waals surface area contributed by atoms with Crippen molar-refractivity contribution in [3.63, 3.8) is 0 Å². The Morgan fingerprint density at radius 1 is 0.711 bits per heavy atom. The molecule has 0 N–H and O–H groups in total. The van der Waals surface area contributed by atoms with Gasteiger partial charge in [-0.15, -0.1) is 13.2 Å². The van der Waals surface area contributed by atoms with Gasteiger partial charge in [0.1, 0.15) is 0 Å². The summed E-state index contributed by atoms with van der Waals surface area (Å²) in [5.41, 5.74) is 13.1. The number of halogens is 2. The van der Waals surface area contributed by atoms with Crippen LogP contribution in [0.1, 0.15) is 66.1 Å². The summed E-state index contributed by atoms with van der Waals surface area (Å²) >= 11 is 6.00. The molecule has 0 atom stereocenters. The van der Waals surface area contributed by atoms with E-state index >= 15 is 0 Å². The summed E-state index contributed by atoms with van der Waals surface area (Å²) in [7, 11) is 1.25. The van der Waals surface area contributed by atoms with Crippen molar-refractivity contribution < 1.29 is 10.9 Å². The van der Waals surface area contributed by atoms with Gasteiger partial charge in [0.15, 0.2) is 0 Å². The van der Waals surface area contributed by atoms with Crippen molar-refractivity contribution in [2.75, 3.05) is 0 Å². The quantitative estimate of drug-likeness (QED) is 0.134. The number of aliphatic imine (C=N–C) groups is 2. The molecule has 0 aliphatic carbocycles. The second-order valence-electron chi connectivity index (χ2n) is 9.00. The van der Waals surface area contributed by atoms with E-state index < -0.39 is 0 Å². The monoisotopic (exact) mass is 684 g/mol. The van der Waals surface area contributed by atoms with E-state index in [0.717, 1.165) is 42.1 Å². The summed E-state index contributed by atoms with van der Waals surface area (Å²) in [6.45, 7) is 21.1. The zero-order valence-corrected chi connectivity index (χ0v) is 27.4. The van der Waals surface area contributed by atoms with Crippen LogP contribution in [0.2, 0.25) is 0 Å². The van der Waals surface area contributed by atoms with Crippen molar-refractivity contribution in [2.24, 2.45) is 9.98 Å². The van der Waals surface area contributed by atoms with Crippen molar-refractivity contribution >= 4 is 51.2 Å². The van der Waals surface area contributed by atoms with Crippen molar-refractivity contribution in [2.45, 2.75) is 75.2 Å². The van der Waals surface area contributed by atoms with E-state index in [1.54, 1.807) is 0 Å². The van der Waals surface area contributed by atoms with Gasteiger partial charge in [-0.05, 0) is 88.6 Å². The van der Waals surface area contributed by atoms with Gasteiger partial charge in [0, 0.05) is 0 Å². The first-order valence-corrected chi connectivity index (χ1v) is 17.3. The Labute approximate surface area is 252 Å². The first-order chi connectivity index (χ1) is 17.7. The number of hydrogen-bond donors (Lipinski definition) is 0. The van der Waals surface area contributed by atoms with Crippen molar-refractivity contribution in [1.82, 2.24) is 0 Å². The Morgan fingerprint density at radius 2 is 1.08 bits per heavy atom. The molecule has 0 spiro atoms. The molecule has 0 radical (unpaired) electrons. The normalized spacial score (nSPS) is 11.1. The zero-order valence-electron chi connectivity index (χ0n) is 23.2. The summed E-state index contributed by atoms with van der Waals surface area (Å²) in [4.78, 5) is 10.4. The van der Waals surface area contributed by atoms with E-state index in [0.29, 0.717) is 0 Å². The van der Waals surface area contributed by atoms with Gasteiger partial charge in [-0.2, -0.15) is 0 Å². The molecule has 0 aliphatic heterocycles. The predicted molar refractivity (Wildman–Crippen MR) is 176 cm³/mol. The van der Waals surface area contributed by atoms with Crippen LogP contribution in [0.4, 0.5) is 11.4 Å². The second-order valence-corrected chi connectivity index (χ2v) is 14.0. The van der Waals surface area contributed by atoms with Gasteiger partial charge in [-0.25, -0.2) is 0 Å². The van der Waals surface area contributed by atoms with Gasteiger partial charge in [0.05, 0.1) is 22.8 Å². The van der Waals surface area contributed by atoms with Crippen LogP contribution in [-0.4, -0.2) is 11.4 Å². The third-order valence-electron chi connectivity index (χ3n) is 5.93. The Balaban J connectivity index is 0.00000213. The Bertz CT molecular complexity index is 1150. The maximum atomic E-state index is 5.24. The SMILES string of the molecule is C.C=C.CCC(=Nc1c(C)cc(C)cc1C)C(CCc1ccccc1)=Nc1c(C)cc(C)cc1C.[Br][Ni][Br]. The third kappa shape index (κ3) is 11.5. The molecule has 0 bridgehead atoms. The Kier molecular flexibility index (Phi) is 18.4. The first-order valence-electron chi connectivity index (χ1n) is 12.4. The molecule has 38 heavy (non-hydrogen) atoms. The maximum absolute atomic E-state index is 5.24. The van der Waals surface area contributed by atoms with Crippen molar-refractivity contribution in [3.05, 3.63) is 107 Å². The van der Waals surface area contributed by atoms with Crippen LogP contribution in [0.25, 0.3) is 0 Å². The fraction of sp³-hybridized carbons (Fsp3) is 0.333. The molecule has 0 fully saturated rings. The van der Waals surface area contributed by atoms with E-state index in [1.165, 1.54) is 49.8 Å². The number of nitrogens with zero attached hydrogens (tertiary/aromatic N) is 2. The average molecular weight is 687 g/mol. The van der Waals surface area contributed by atoms with E-state index in [-0.39, 0.29) is 7.43 Å². The number of rotatable bonds is 7. The molecule has 0 saturated heterocycles. The van der Waals surface area contributed by atoms with Crippen molar-refractivity contribution in [1.29, 1.82) is 0 Å². The minimum atomic E-state index is 0. The van der Waals surface area contributed by atoms with Crippen LogP contribution in [0, 0.1) is 41.5 Å². The second kappa shape index (κ2) is 19.3. The molecule has 0 aliphatic rings. The summed E-state index contributed by atoms with van der Waals surface area (Å²) in [5, 5.41) is 0. The summed E-state index contributed by atoms with van der Waals surface area (Å²) < 4.78 is 0. The van der Waals surface area contributed by atoms with Gasteiger partial charge in [0.25, 0.3) is 0 Å². The van der Waals surface area contributed by atoms with Crippen LogP contribution in [0.3, 0.4) is 0 Å². The predicted octanol–water partition coefficient (Wildman–Crippen LogP) is 11.6. The van der Waals surface area contributed by atoms with Crippen molar-refractivity contribution in [3.8, 4) is 0 Å². The molecular weight excluding hydrogens is 643 g/mol. The van der Waals surface area contributed by atoms with Gasteiger partial charge in [-0.3, -0.25) is 9.98 Å². The average Bonchev–Trinajstić information content (AvgIpc) is 2.85. The molecule has 0 saturated carbocycles. The number of aryl methyl sites for hydroxylation is 7. The molecule has 0 aromatic heterocycles. The summed E-state index contributed by atoms with van der Waals surface area (Å²) in [6, 6.07) is 19.5. The van der Waals surface area contributed by atoms with Crippen LogP contribution in [0.15, 0.2) is 77.7 Å². The standard InChI is InChI=1S/C30H36N2.C2H4.CH4.2BrH.Ni/c1-8-27(31-29-22(4)16-20(2)17-23(29)5)28(15-14-26-12-10-9-11-13-26)32-30-24(6)18-21(3)19-25(30)7;1-2;;;;/h9-13,16-19H,8,14-15H2,1-7H3;1-2H2;1H4;2*1H;/q;;;;;+2/p-2. The molecule has 3 rings (SSSR count). The molecule has 3 aromatic rings. The number of benzene rings is 3. The molecule has 0 unspecified atom stereocenters. The van der Waals surface area contributed by atoms with Gasteiger partial charge < -0.3 is 0 Å². The molecular formula is C33H44Br2N2Ni. The third-order valence-corrected chi connectivity index (χ3v) is 5.93. The van der Waals surface area contributed by atoms with Crippen LogP contribution in [-0.2, 0) is 17.3 Å². The molecule has 0 heterocycles. The topological polar surface area (TPSA) is 24.7 Å². The Morgan fingerprint density at radius 3 is 1.45 bits per heavy atom. The fourth-order valence-corrected chi connectivity index (χ4v) is 4.49. The van der Waals surface area contributed by atoms with Gasteiger partial charge >= 0.3 is 39.3 Å². The fourth-order valence-electron chi connectivity index (χ4n) is 4.49. The summed E-state index contributed by atoms with van der Waals surface area (Å²) in [6.07, 6.45) is 2.67. The van der Waals surface area contributed by atoms with Crippen LogP contribution < -0.4 is 0 Å². The first kappa shape index (κ1) is 36.2.